The van der Waals surface area contributed by atoms with E-state index >= 15 is 0 Å². The Morgan fingerprint density at radius 3 is 2.79 bits per heavy atom. The molecule has 2 aromatic carbocycles. The van der Waals surface area contributed by atoms with Gasteiger partial charge in [-0.3, -0.25) is 9.36 Å². The van der Waals surface area contributed by atoms with Crippen molar-refractivity contribution in [1.82, 2.24) is 20.1 Å². The summed E-state index contributed by atoms with van der Waals surface area (Å²) in [6, 6.07) is 11.5. The summed E-state index contributed by atoms with van der Waals surface area (Å²) in [4.78, 5) is 12.5. The highest BCUT2D eigenvalue weighted by atomic mass is 35.5. The summed E-state index contributed by atoms with van der Waals surface area (Å²) in [5.41, 5.74) is 3.91. The van der Waals surface area contributed by atoms with Crippen molar-refractivity contribution in [3.63, 3.8) is 0 Å². The van der Waals surface area contributed by atoms with E-state index in [9.17, 15) is 4.79 Å². The van der Waals surface area contributed by atoms with E-state index in [1.807, 2.05) is 61.7 Å². The molecule has 0 aliphatic carbocycles. The number of nitrogens with zero attached hydrogens (tertiary/aromatic N) is 3. The summed E-state index contributed by atoms with van der Waals surface area (Å²) in [7, 11) is 1.63. The fourth-order valence-corrected chi connectivity index (χ4v) is 3.83. The van der Waals surface area contributed by atoms with Gasteiger partial charge in [0.25, 0.3) is 0 Å². The highest BCUT2D eigenvalue weighted by Gasteiger charge is 2.16. The van der Waals surface area contributed by atoms with Crippen molar-refractivity contribution in [3.8, 4) is 11.4 Å². The third kappa shape index (κ3) is 5.10. The Morgan fingerprint density at radius 1 is 1.28 bits per heavy atom. The summed E-state index contributed by atoms with van der Waals surface area (Å²) in [6.07, 6.45) is 1.61. The van der Waals surface area contributed by atoms with Crippen LogP contribution in [0.1, 0.15) is 29.7 Å². The zero-order valence-corrected chi connectivity index (χ0v) is 18.3. The Bertz CT molecular complexity index is 1020. The van der Waals surface area contributed by atoms with E-state index in [1.165, 1.54) is 11.8 Å². The number of aryl methyl sites for hydroxylation is 2. The molecule has 0 spiro atoms. The van der Waals surface area contributed by atoms with Crippen LogP contribution in [0.4, 0.5) is 0 Å². The lowest BCUT2D eigenvalue weighted by atomic mass is 10.0. The topological polar surface area (TPSA) is 69.0 Å². The molecule has 0 aliphatic heterocycles. The smallest absolute Gasteiger partial charge is 0.230 e. The number of thioether (sulfide) groups is 1. The largest absolute Gasteiger partial charge is 0.496 e. The van der Waals surface area contributed by atoms with Gasteiger partial charge in [-0.2, -0.15) is 0 Å². The normalized spacial score (nSPS) is 11.9. The molecule has 1 amide bonds. The number of carbonyl (C=O) groups excluding carboxylic acids is 1. The second kappa shape index (κ2) is 9.33. The Kier molecular flexibility index (Phi) is 6.82. The molecule has 3 aromatic rings. The minimum atomic E-state index is -0.174. The van der Waals surface area contributed by atoms with Crippen LogP contribution in [0.25, 0.3) is 5.69 Å². The minimum Gasteiger partial charge on any atom is -0.496 e. The van der Waals surface area contributed by atoms with E-state index in [2.05, 4.69) is 15.5 Å². The summed E-state index contributed by atoms with van der Waals surface area (Å²) in [6.45, 7) is 5.90. The fraction of sp³-hybridized carbons (Fsp3) is 0.286. The van der Waals surface area contributed by atoms with Crippen LogP contribution in [0, 0.1) is 13.8 Å². The third-order valence-electron chi connectivity index (χ3n) is 4.51. The van der Waals surface area contributed by atoms with Crippen LogP contribution < -0.4 is 10.1 Å². The van der Waals surface area contributed by atoms with Crippen molar-refractivity contribution in [2.45, 2.75) is 32.0 Å². The third-order valence-corrected chi connectivity index (χ3v) is 5.86. The first kappa shape index (κ1) is 21.2. The van der Waals surface area contributed by atoms with Gasteiger partial charge < -0.3 is 10.1 Å². The number of nitrogens with one attached hydrogen (secondary N) is 1. The van der Waals surface area contributed by atoms with Gasteiger partial charge in [-0.15, -0.1) is 10.2 Å². The van der Waals surface area contributed by atoms with E-state index < -0.39 is 0 Å². The zero-order chi connectivity index (χ0) is 21.0. The highest BCUT2D eigenvalue weighted by molar-refractivity contribution is 7.99. The minimum absolute atomic E-state index is 0.0949. The Labute approximate surface area is 179 Å². The monoisotopic (exact) mass is 430 g/mol. The van der Waals surface area contributed by atoms with Gasteiger partial charge in [-0.05, 0) is 44.5 Å². The SMILES string of the molecule is COc1ccc(C)cc1C(C)NC(=O)CSc1nncn1-c1ccc(C)c(Cl)c1. The zero-order valence-electron chi connectivity index (χ0n) is 16.8. The molecule has 0 saturated carbocycles. The molecule has 6 nitrogen and oxygen atoms in total. The molecule has 152 valence electrons. The van der Waals surface area contributed by atoms with Crippen molar-refractivity contribution >= 4 is 29.3 Å². The van der Waals surface area contributed by atoms with Crippen LogP contribution in [0.5, 0.6) is 5.75 Å². The lowest BCUT2D eigenvalue weighted by Crippen LogP contribution is -2.28. The molecule has 0 radical (unpaired) electrons. The fourth-order valence-electron chi connectivity index (χ4n) is 2.91. The molecule has 1 unspecified atom stereocenters. The van der Waals surface area contributed by atoms with E-state index in [0.717, 1.165) is 28.1 Å². The average molecular weight is 431 g/mol. The molecule has 1 aromatic heterocycles. The van der Waals surface area contributed by atoms with E-state index in [0.29, 0.717) is 10.2 Å². The Balaban J connectivity index is 1.65. The number of benzene rings is 2. The van der Waals surface area contributed by atoms with Gasteiger partial charge in [0.2, 0.25) is 5.91 Å². The Hall–Kier alpha value is -2.51. The second-order valence-electron chi connectivity index (χ2n) is 6.74. The maximum Gasteiger partial charge on any atom is 0.230 e. The second-order valence-corrected chi connectivity index (χ2v) is 8.09. The lowest BCUT2D eigenvalue weighted by molar-refractivity contribution is -0.119. The maximum atomic E-state index is 12.5. The van der Waals surface area contributed by atoms with Crippen molar-refractivity contribution in [2.24, 2.45) is 0 Å². The molecular weight excluding hydrogens is 408 g/mol. The van der Waals surface area contributed by atoms with Crippen LogP contribution in [-0.4, -0.2) is 33.5 Å². The van der Waals surface area contributed by atoms with Crippen molar-refractivity contribution < 1.29 is 9.53 Å². The first-order valence-corrected chi connectivity index (χ1v) is 10.5. The molecule has 0 saturated heterocycles. The van der Waals surface area contributed by atoms with E-state index in [4.69, 9.17) is 16.3 Å². The van der Waals surface area contributed by atoms with E-state index in [1.54, 1.807) is 13.4 Å². The molecule has 29 heavy (non-hydrogen) atoms. The number of hydrogen-bond acceptors (Lipinski definition) is 5. The highest BCUT2D eigenvalue weighted by Crippen LogP contribution is 2.27. The number of carbonyl (C=O) groups is 1. The summed E-state index contributed by atoms with van der Waals surface area (Å²) in [5.74, 6) is 0.881. The van der Waals surface area contributed by atoms with Crippen LogP contribution in [0.2, 0.25) is 5.02 Å². The van der Waals surface area contributed by atoms with E-state index in [-0.39, 0.29) is 17.7 Å². The average Bonchev–Trinajstić information content (AvgIpc) is 3.17. The number of amides is 1. The summed E-state index contributed by atoms with van der Waals surface area (Å²) < 4.78 is 7.23. The molecule has 0 bridgehead atoms. The molecular formula is C21H23ClN4O2S. The number of halogens is 1. The van der Waals surface area contributed by atoms with Crippen LogP contribution in [0.3, 0.4) is 0 Å². The van der Waals surface area contributed by atoms with Crippen LogP contribution in [0.15, 0.2) is 47.9 Å². The van der Waals surface area contributed by atoms with Gasteiger partial charge in [-0.25, -0.2) is 0 Å². The van der Waals surface area contributed by atoms with Gasteiger partial charge in [0.05, 0.1) is 24.6 Å². The molecule has 0 fully saturated rings. The summed E-state index contributed by atoms with van der Waals surface area (Å²) in [5, 5.41) is 12.4. The quantitative estimate of drug-likeness (QED) is 0.558. The van der Waals surface area contributed by atoms with Crippen molar-refractivity contribution in [1.29, 1.82) is 0 Å². The van der Waals surface area contributed by atoms with Gasteiger partial charge in [0.15, 0.2) is 5.16 Å². The maximum absolute atomic E-state index is 12.5. The number of rotatable bonds is 7. The predicted molar refractivity (Wildman–Crippen MR) is 116 cm³/mol. The van der Waals surface area contributed by atoms with Gasteiger partial charge in [0.1, 0.15) is 12.1 Å². The van der Waals surface area contributed by atoms with Crippen molar-refractivity contribution in [2.75, 3.05) is 12.9 Å². The number of aromatic nitrogens is 3. The van der Waals surface area contributed by atoms with Gasteiger partial charge in [0, 0.05) is 10.6 Å². The number of hydrogen-bond donors (Lipinski definition) is 1. The van der Waals surface area contributed by atoms with Crippen LogP contribution in [-0.2, 0) is 4.79 Å². The molecule has 0 aliphatic rings. The standard InChI is InChI=1S/C21H23ClN4O2S/c1-13-5-8-19(28-4)17(9-13)15(3)24-20(27)11-29-21-25-23-12-26(21)16-7-6-14(2)18(22)10-16/h5-10,12,15H,11H2,1-4H3,(H,24,27). The Morgan fingerprint density at radius 2 is 2.07 bits per heavy atom. The first-order valence-electron chi connectivity index (χ1n) is 9.12. The molecule has 1 atom stereocenters. The predicted octanol–water partition coefficient (Wildman–Crippen LogP) is 4.52. The van der Waals surface area contributed by atoms with Gasteiger partial charge in [-0.1, -0.05) is 47.1 Å². The number of methoxy groups -OCH3 is 1. The lowest BCUT2D eigenvalue weighted by Gasteiger charge is -2.18. The molecule has 8 heteroatoms. The first-order chi connectivity index (χ1) is 13.9. The number of ether oxygens (including phenoxy) is 1. The molecule has 1 heterocycles. The van der Waals surface area contributed by atoms with Crippen molar-refractivity contribution in [3.05, 3.63) is 64.4 Å². The van der Waals surface area contributed by atoms with Crippen LogP contribution >= 0.6 is 23.4 Å². The molecule has 1 N–H and O–H groups in total. The summed E-state index contributed by atoms with van der Waals surface area (Å²) >= 11 is 7.55. The molecule has 3 rings (SSSR count). The van der Waals surface area contributed by atoms with Gasteiger partial charge >= 0.3 is 0 Å².